The number of imidazole rings is 1. The summed E-state index contributed by atoms with van der Waals surface area (Å²) < 4.78 is 12.7. The van der Waals surface area contributed by atoms with Crippen LogP contribution in [0.15, 0.2) is 97.2 Å². The normalized spacial score (nSPS) is 10.8. The van der Waals surface area contributed by atoms with Crippen molar-refractivity contribution in [3.05, 3.63) is 103 Å². The molecule has 2 aromatic heterocycles. The quantitative estimate of drug-likeness (QED) is 0.287. The molecule has 1 N–H and O–H groups in total. The van der Waals surface area contributed by atoms with Crippen molar-refractivity contribution in [2.24, 2.45) is 0 Å². The number of fused-ring (bicyclic) bond motifs is 1. The number of hydrogen-bond donors (Lipinski definition) is 1. The van der Waals surface area contributed by atoms with Crippen molar-refractivity contribution in [1.82, 2.24) is 9.38 Å². The largest absolute Gasteiger partial charge is 0.493 e. The molecule has 5 rings (SSSR count). The number of carbonyl (C=O) groups excluding carboxylic acids is 1. The molecule has 0 aliphatic rings. The Hall–Kier alpha value is -4.58. The number of ether oxygens (including phenoxy) is 2. The zero-order valence-corrected chi connectivity index (χ0v) is 20.3. The van der Waals surface area contributed by atoms with Crippen LogP contribution in [0.3, 0.4) is 0 Å². The fraction of sp³-hybridized carbons (Fsp3) is 0.133. The van der Waals surface area contributed by atoms with Crippen LogP contribution in [0.5, 0.6) is 11.5 Å². The van der Waals surface area contributed by atoms with Gasteiger partial charge < -0.3 is 19.2 Å². The Morgan fingerprint density at radius 2 is 1.50 bits per heavy atom. The second kappa shape index (κ2) is 10.4. The van der Waals surface area contributed by atoms with E-state index in [1.807, 2.05) is 54.6 Å². The van der Waals surface area contributed by atoms with Crippen molar-refractivity contribution in [2.75, 3.05) is 19.5 Å². The summed E-state index contributed by atoms with van der Waals surface area (Å²) in [7, 11) is 3.16. The number of aromatic nitrogens is 2. The van der Waals surface area contributed by atoms with Gasteiger partial charge in [-0.05, 0) is 41.8 Å². The molecule has 6 heteroatoms. The summed E-state index contributed by atoms with van der Waals surface area (Å²) >= 11 is 0. The van der Waals surface area contributed by atoms with Gasteiger partial charge in [-0.2, -0.15) is 0 Å². The van der Waals surface area contributed by atoms with Gasteiger partial charge in [0, 0.05) is 29.9 Å². The van der Waals surface area contributed by atoms with Gasteiger partial charge in [0.25, 0.3) is 0 Å². The van der Waals surface area contributed by atoms with E-state index in [0.29, 0.717) is 30.0 Å². The maximum Gasteiger partial charge on any atom is 0.224 e. The van der Waals surface area contributed by atoms with Crippen LogP contribution in [-0.4, -0.2) is 29.5 Å². The van der Waals surface area contributed by atoms with E-state index in [4.69, 9.17) is 14.5 Å². The lowest BCUT2D eigenvalue weighted by Gasteiger charge is -2.11. The Morgan fingerprint density at radius 1 is 0.806 bits per heavy atom. The zero-order valence-electron chi connectivity index (χ0n) is 20.3. The van der Waals surface area contributed by atoms with E-state index in [9.17, 15) is 4.79 Å². The number of amides is 1. The molecule has 0 fully saturated rings. The monoisotopic (exact) mass is 477 g/mol. The summed E-state index contributed by atoms with van der Waals surface area (Å²) in [5, 5.41) is 2.97. The highest BCUT2D eigenvalue weighted by Gasteiger charge is 2.16. The molecule has 0 saturated heterocycles. The Morgan fingerprint density at radius 3 is 2.19 bits per heavy atom. The fourth-order valence-corrected chi connectivity index (χ4v) is 4.33. The number of methoxy groups -OCH3 is 2. The van der Waals surface area contributed by atoms with Crippen LogP contribution in [0.2, 0.25) is 0 Å². The second-order valence-electron chi connectivity index (χ2n) is 8.40. The molecule has 0 unspecified atom stereocenters. The Bertz CT molecular complexity index is 1490. The molecule has 2 heterocycles. The molecule has 3 aromatic carbocycles. The van der Waals surface area contributed by atoms with E-state index in [1.165, 1.54) is 0 Å². The molecule has 36 heavy (non-hydrogen) atoms. The van der Waals surface area contributed by atoms with Gasteiger partial charge in [0.05, 0.1) is 25.6 Å². The molecule has 0 bridgehead atoms. The molecule has 0 aliphatic carbocycles. The topological polar surface area (TPSA) is 64.9 Å². The molecule has 0 spiro atoms. The number of anilines is 1. The van der Waals surface area contributed by atoms with Crippen molar-refractivity contribution in [2.45, 2.75) is 12.8 Å². The third-order valence-corrected chi connectivity index (χ3v) is 6.13. The van der Waals surface area contributed by atoms with Crippen LogP contribution < -0.4 is 14.8 Å². The summed E-state index contributed by atoms with van der Waals surface area (Å²) in [6.07, 6.45) is 2.94. The SMILES string of the molecule is COc1ccc(NC(=O)CCc2c(-c3ccccc3)nc3ccc(-c4ccccc4)cn23)cc1OC. The molecule has 0 saturated carbocycles. The van der Waals surface area contributed by atoms with Gasteiger partial charge in [-0.3, -0.25) is 4.79 Å². The van der Waals surface area contributed by atoms with Crippen LogP contribution in [0.4, 0.5) is 5.69 Å². The average molecular weight is 478 g/mol. The lowest BCUT2D eigenvalue weighted by molar-refractivity contribution is -0.116. The Labute approximate surface area is 210 Å². The molecule has 0 radical (unpaired) electrons. The number of benzene rings is 3. The van der Waals surface area contributed by atoms with E-state index in [2.05, 4.69) is 34.1 Å². The third-order valence-electron chi connectivity index (χ3n) is 6.13. The summed E-state index contributed by atoms with van der Waals surface area (Å²) in [4.78, 5) is 17.8. The predicted molar refractivity (Wildman–Crippen MR) is 143 cm³/mol. The van der Waals surface area contributed by atoms with Gasteiger partial charge >= 0.3 is 0 Å². The van der Waals surface area contributed by atoms with Crippen LogP contribution in [0.25, 0.3) is 28.0 Å². The van der Waals surface area contributed by atoms with Gasteiger partial charge in [0.2, 0.25) is 5.91 Å². The smallest absolute Gasteiger partial charge is 0.224 e. The highest BCUT2D eigenvalue weighted by Crippen LogP contribution is 2.31. The average Bonchev–Trinajstić information content (AvgIpc) is 3.30. The molecular formula is C30H27N3O3. The molecule has 5 aromatic rings. The van der Waals surface area contributed by atoms with E-state index in [-0.39, 0.29) is 5.91 Å². The first-order valence-corrected chi connectivity index (χ1v) is 11.8. The summed E-state index contributed by atoms with van der Waals surface area (Å²) in [6, 6.07) is 29.8. The van der Waals surface area contributed by atoms with Gasteiger partial charge in [0.1, 0.15) is 5.65 Å². The summed E-state index contributed by atoms with van der Waals surface area (Å²) in [6.45, 7) is 0. The first-order chi connectivity index (χ1) is 17.7. The number of hydrogen-bond acceptors (Lipinski definition) is 4. The van der Waals surface area contributed by atoms with E-state index in [1.54, 1.807) is 32.4 Å². The summed E-state index contributed by atoms with van der Waals surface area (Å²) in [5.41, 5.74) is 6.64. The van der Waals surface area contributed by atoms with Gasteiger partial charge in [-0.1, -0.05) is 60.7 Å². The van der Waals surface area contributed by atoms with Crippen LogP contribution >= 0.6 is 0 Å². The number of aryl methyl sites for hydroxylation is 1. The Kier molecular flexibility index (Phi) is 6.67. The minimum Gasteiger partial charge on any atom is -0.493 e. The van der Waals surface area contributed by atoms with Crippen molar-refractivity contribution in [1.29, 1.82) is 0 Å². The maximum absolute atomic E-state index is 12.9. The lowest BCUT2D eigenvalue weighted by atomic mass is 10.1. The number of carbonyl (C=O) groups is 1. The van der Waals surface area contributed by atoms with Gasteiger partial charge in [-0.15, -0.1) is 0 Å². The predicted octanol–water partition coefficient (Wildman–Crippen LogP) is 6.26. The minimum atomic E-state index is -0.0876. The standard InChI is InChI=1S/C30H27N3O3/c1-35-26-16-14-24(19-27(26)36-2)31-29(34)18-15-25-30(22-11-7-4-8-12-22)32-28-17-13-23(20-33(25)28)21-9-5-3-6-10-21/h3-14,16-17,19-20H,15,18H2,1-2H3,(H,31,34). The molecular weight excluding hydrogens is 450 g/mol. The maximum atomic E-state index is 12.9. The number of pyridine rings is 1. The first-order valence-electron chi connectivity index (χ1n) is 11.8. The number of rotatable bonds is 8. The molecule has 180 valence electrons. The minimum absolute atomic E-state index is 0.0876. The highest BCUT2D eigenvalue weighted by molar-refractivity contribution is 5.91. The van der Waals surface area contributed by atoms with Crippen molar-refractivity contribution in [3.8, 4) is 33.9 Å². The van der Waals surface area contributed by atoms with E-state index in [0.717, 1.165) is 33.7 Å². The van der Waals surface area contributed by atoms with Crippen LogP contribution in [0.1, 0.15) is 12.1 Å². The first kappa shape index (κ1) is 23.2. The van der Waals surface area contributed by atoms with Crippen molar-refractivity contribution >= 4 is 17.2 Å². The molecule has 0 aliphatic heterocycles. The Balaban J connectivity index is 1.45. The lowest BCUT2D eigenvalue weighted by Crippen LogP contribution is -2.13. The molecule has 6 nitrogen and oxygen atoms in total. The molecule has 0 atom stereocenters. The summed E-state index contributed by atoms with van der Waals surface area (Å²) in [5.74, 6) is 1.09. The van der Waals surface area contributed by atoms with E-state index < -0.39 is 0 Å². The fourth-order valence-electron chi connectivity index (χ4n) is 4.33. The molecule has 1 amide bonds. The van der Waals surface area contributed by atoms with Crippen LogP contribution in [0, 0.1) is 0 Å². The second-order valence-corrected chi connectivity index (χ2v) is 8.40. The van der Waals surface area contributed by atoms with Gasteiger partial charge in [0.15, 0.2) is 11.5 Å². The van der Waals surface area contributed by atoms with Gasteiger partial charge in [-0.25, -0.2) is 4.98 Å². The van der Waals surface area contributed by atoms with Crippen molar-refractivity contribution < 1.29 is 14.3 Å². The highest BCUT2D eigenvalue weighted by atomic mass is 16.5. The zero-order chi connectivity index (χ0) is 24.9. The number of nitrogens with one attached hydrogen (secondary N) is 1. The third kappa shape index (κ3) is 4.79. The van der Waals surface area contributed by atoms with E-state index >= 15 is 0 Å². The van der Waals surface area contributed by atoms with Crippen LogP contribution in [-0.2, 0) is 11.2 Å². The number of nitrogens with zero attached hydrogens (tertiary/aromatic N) is 2. The van der Waals surface area contributed by atoms with Crippen molar-refractivity contribution in [3.63, 3.8) is 0 Å².